The SMILES string of the molecule is Cc1ccc(C)c(S(=O)(=O)N2CCC(N3CC(C(=O)O)CC3=O)CC2)c1. The Bertz CT molecular complexity index is 828. The van der Waals surface area contributed by atoms with Gasteiger partial charge in [0.05, 0.1) is 10.8 Å². The molecule has 2 saturated heterocycles. The summed E-state index contributed by atoms with van der Waals surface area (Å²) in [5.41, 5.74) is 1.61. The first kappa shape index (κ1) is 18.8. The number of carboxylic acids is 1. The topological polar surface area (TPSA) is 95.0 Å². The molecule has 0 spiro atoms. The van der Waals surface area contributed by atoms with Gasteiger partial charge in [-0.2, -0.15) is 4.31 Å². The molecule has 0 aliphatic carbocycles. The molecule has 0 saturated carbocycles. The van der Waals surface area contributed by atoms with Crippen LogP contribution in [-0.4, -0.2) is 60.3 Å². The van der Waals surface area contributed by atoms with Gasteiger partial charge in [0.1, 0.15) is 0 Å². The fourth-order valence-electron chi connectivity index (χ4n) is 3.77. The van der Waals surface area contributed by atoms with Crippen molar-refractivity contribution in [2.75, 3.05) is 19.6 Å². The van der Waals surface area contributed by atoms with Gasteiger partial charge in [0.25, 0.3) is 0 Å². The zero-order chi connectivity index (χ0) is 19.1. The molecule has 3 rings (SSSR count). The number of hydrogen-bond acceptors (Lipinski definition) is 4. The van der Waals surface area contributed by atoms with Gasteiger partial charge in [0.2, 0.25) is 15.9 Å². The predicted octanol–water partition coefficient (Wildman–Crippen LogP) is 1.39. The summed E-state index contributed by atoms with van der Waals surface area (Å²) < 4.78 is 27.4. The lowest BCUT2D eigenvalue weighted by Gasteiger charge is -2.36. The summed E-state index contributed by atoms with van der Waals surface area (Å²) in [7, 11) is -3.56. The van der Waals surface area contributed by atoms with Crippen LogP contribution in [0.2, 0.25) is 0 Å². The first-order valence-corrected chi connectivity index (χ1v) is 10.2. The van der Waals surface area contributed by atoms with Crippen molar-refractivity contribution in [1.82, 2.24) is 9.21 Å². The van der Waals surface area contributed by atoms with Crippen molar-refractivity contribution in [3.05, 3.63) is 29.3 Å². The highest BCUT2D eigenvalue weighted by Gasteiger charge is 2.40. The zero-order valence-corrected chi connectivity index (χ0v) is 15.8. The Labute approximate surface area is 153 Å². The lowest BCUT2D eigenvalue weighted by Crippen LogP contribution is -2.47. The van der Waals surface area contributed by atoms with Crippen molar-refractivity contribution in [2.45, 2.75) is 44.0 Å². The molecule has 1 atom stereocenters. The highest BCUT2D eigenvalue weighted by Crippen LogP contribution is 2.29. The molecule has 0 radical (unpaired) electrons. The van der Waals surface area contributed by atoms with E-state index in [0.29, 0.717) is 30.8 Å². The standard InChI is InChI=1S/C18H24N2O5S/c1-12-3-4-13(2)16(9-12)26(24,25)19-7-5-15(6-8-19)20-11-14(18(22)23)10-17(20)21/h3-4,9,14-15H,5-8,10-11H2,1-2H3,(H,22,23). The molecule has 1 unspecified atom stereocenters. The van der Waals surface area contributed by atoms with E-state index in [0.717, 1.165) is 11.1 Å². The lowest BCUT2D eigenvalue weighted by molar-refractivity contribution is -0.141. The number of hydrogen-bond donors (Lipinski definition) is 1. The molecule has 1 N–H and O–H groups in total. The molecule has 1 amide bonds. The number of sulfonamides is 1. The summed E-state index contributed by atoms with van der Waals surface area (Å²) in [6.07, 6.45) is 1.10. The van der Waals surface area contributed by atoms with Crippen molar-refractivity contribution < 1.29 is 23.1 Å². The average molecular weight is 380 g/mol. The van der Waals surface area contributed by atoms with Crippen LogP contribution in [0.5, 0.6) is 0 Å². The largest absolute Gasteiger partial charge is 0.481 e. The number of carbonyl (C=O) groups excluding carboxylic acids is 1. The van der Waals surface area contributed by atoms with Gasteiger partial charge in [-0.15, -0.1) is 0 Å². The van der Waals surface area contributed by atoms with Crippen LogP contribution in [-0.2, 0) is 19.6 Å². The number of likely N-dealkylation sites (tertiary alicyclic amines) is 1. The molecule has 2 fully saturated rings. The Balaban J connectivity index is 1.69. The van der Waals surface area contributed by atoms with Crippen LogP contribution in [0.3, 0.4) is 0 Å². The first-order valence-electron chi connectivity index (χ1n) is 8.80. The molecule has 2 aliphatic rings. The van der Waals surface area contributed by atoms with E-state index in [1.54, 1.807) is 17.9 Å². The molecule has 7 nitrogen and oxygen atoms in total. The van der Waals surface area contributed by atoms with Crippen LogP contribution >= 0.6 is 0 Å². The summed E-state index contributed by atoms with van der Waals surface area (Å²) in [5.74, 6) is -1.75. The van der Waals surface area contributed by atoms with Gasteiger partial charge in [-0.3, -0.25) is 9.59 Å². The predicted molar refractivity (Wildman–Crippen MR) is 95.2 cm³/mol. The van der Waals surface area contributed by atoms with Gasteiger partial charge >= 0.3 is 5.97 Å². The third-order valence-electron chi connectivity index (χ3n) is 5.33. The number of piperidine rings is 1. The zero-order valence-electron chi connectivity index (χ0n) is 15.0. The minimum absolute atomic E-state index is 0.0380. The first-order chi connectivity index (χ1) is 12.2. The molecule has 0 bridgehead atoms. The second-order valence-corrected chi connectivity index (χ2v) is 9.10. The van der Waals surface area contributed by atoms with Gasteiger partial charge in [-0.05, 0) is 43.9 Å². The Morgan fingerprint density at radius 1 is 1.19 bits per heavy atom. The van der Waals surface area contributed by atoms with E-state index in [9.17, 15) is 18.0 Å². The molecule has 2 aliphatic heterocycles. The Hall–Kier alpha value is -1.93. The molecule has 0 aromatic heterocycles. The van der Waals surface area contributed by atoms with Crippen LogP contribution in [0.25, 0.3) is 0 Å². The van der Waals surface area contributed by atoms with E-state index in [2.05, 4.69) is 0 Å². The van der Waals surface area contributed by atoms with Crippen LogP contribution in [0, 0.1) is 19.8 Å². The van der Waals surface area contributed by atoms with Gasteiger partial charge in [0, 0.05) is 32.1 Å². The molecule has 1 aromatic rings. The minimum Gasteiger partial charge on any atom is -0.481 e. The van der Waals surface area contributed by atoms with Crippen molar-refractivity contribution in [1.29, 1.82) is 0 Å². The molecular formula is C18H24N2O5S. The highest BCUT2D eigenvalue weighted by molar-refractivity contribution is 7.89. The van der Waals surface area contributed by atoms with Crippen molar-refractivity contribution in [3.8, 4) is 0 Å². The molecule has 26 heavy (non-hydrogen) atoms. The summed E-state index contributed by atoms with van der Waals surface area (Å²) in [6, 6.07) is 5.30. The van der Waals surface area contributed by atoms with Crippen LogP contribution in [0.1, 0.15) is 30.4 Å². The summed E-state index contributed by atoms with van der Waals surface area (Å²) >= 11 is 0. The number of carbonyl (C=O) groups is 2. The van der Waals surface area contributed by atoms with Crippen LogP contribution in [0.4, 0.5) is 0 Å². The van der Waals surface area contributed by atoms with Crippen molar-refractivity contribution >= 4 is 21.9 Å². The second kappa shape index (κ2) is 7.00. The second-order valence-electron chi connectivity index (χ2n) is 7.19. The lowest BCUT2D eigenvalue weighted by atomic mass is 10.1. The maximum atomic E-state index is 13.0. The van der Waals surface area contributed by atoms with Gasteiger partial charge in [0.15, 0.2) is 0 Å². The number of carboxylic acid groups (broad SMARTS) is 1. The Kier molecular flexibility index (Phi) is 5.07. The summed E-state index contributed by atoms with van der Waals surface area (Å²) in [4.78, 5) is 25.2. The van der Waals surface area contributed by atoms with Gasteiger partial charge in [-0.1, -0.05) is 12.1 Å². The van der Waals surface area contributed by atoms with E-state index < -0.39 is 21.9 Å². The number of aryl methyl sites for hydroxylation is 2. The van der Waals surface area contributed by atoms with E-state index >= 15 is 0 Å². The average Bonchev–Trinajstić information content (AvgIpc) is 2.99. The van der Waals surface area contributed by atoms with E-state index in [1.165, 1.54) is 4.31 Å². The normalized spacial score (nSPS) is 22.8. The van der Waals surface area contributed by atoms with E-state index in [1.807, 2.05) is 19.1 Å². The highest BCUT2D eigenvalue weighted by atomic mass is 32.2. The molecule has 8 heteroatoms. The maximum absolute atomic E-state index is 13.0. The monoisotopic (exact) mass is 380 g/mol. The summed E-state index contributed by atoms with van der Waals surface area (Å²) in [5, 5.41) is 9.10. The Morgan fingerprint density at radius 3 is 2.42 bits per heavy atom. The van der Waals surface area contributed by atoms with Crippen LogP contribution < -0.4 is 0 Å². The van der Waals surface area contributed by atoms with Crippen LogP contribution in [0.15, 0.2) is 23.1 Å². The van der Waals surface area contributed by atoms with E-state index in [4.69, 9.17) is 5.11 Å². The van der Waals surface area contributed by atoms with Crippen molar-refractivity contribution in [3.63, 3.8) is 0 Å². The number of benzene rings is 1. The fraction of sp³-hybridized carbons (Fsp3) is 0.556. The smallest absolute Gasteiger partial charge is 0.308 e. The number of rotatable bonds is 4. The molecule has 142 valence electrons. The fourth-order valence-corrected chi connectivity index (χ4v) is 5.55. The minimum atomic E-state index is -3.56. The quantitative estimate of drug-likeness (QED) is 0.852. The number of aliphatic carboxylic acids is 1. The molecule has 1 aromatic carbocycles. The Morgan fingerprint density at radius 2 is 1.85 bits per heavy atom. The number of amides is 1. The van der Waals surface area contributed by atoms with Crippen molar-refractivity contribution in [2.24, 2.45) is 5.92 Å². The van der Waals surface area contributed by atoms with Gasteiger partial charge < -0.3 is 10.0 Å². The summed E-state index contributed by atoms with van der Waals surface area (Å²) in [6.45, 7) is 4.54. The third kappa shape index (κ3) is 3.48. The maximum Gasteiger partial charge on any atom is 0.308 e. The van der Waals surface area contributed by atoms with E-state index in [-0.39, 0.29) is 24.9 Å². The molecule has 2 heterocycles. The molecular weight excluding hydrogens is 356 g/mol. The van der Waals surface area contributed by atoms with Gasteiger partial charge in [-0.25, -0.2) is 8.42 Å². The number of nitrogens with zero attached hydrogens (tertiary/aromatic N) is 2. The third-order valence-corrected chi connectivity index (χ3v) is 7.37.